The Bertz CT molecular complexity index is 973. The first kappa shape index (κ1) is 20.1. The first-order chi connectivity index (χ1) is 14.6. The summed E-state index contributed by atoms with van der Waals surface area (Å²) in [6, 6.07) is 12.2. The van der Waals surface area contributed by atoms with Gasteiger partial charge in [0.25, 0.3) is 0 Å². The fraction of sp³-hybridized carbons (Fsp3) is 0.500. The van der Waals surface area contributed by atoms with Gasteiger partial charge in [0.1, 0.15) is 5.82 Å². The van der Waals surface area contributed by atoms with Crippen LogP contribution in [-0.4, -0.2) is 11.8 Å². The van der Waals surface area contributed by atoms with E-state index in [4.69, 9.17) is 16.6 Å². The van der Waals surface area contributed by atoms with Crippen molar-refractivity contribution in [2.24, 2.45) is 4.99 Å². The van der Waals surface area contributed by atoms with Crippen LogP contribution in [-0.2, 0) is 5.41 Å². The van der Waals surface area contributed by atoms with Crippen molar-refractivity contribution in [1.29, 1.82) is 0 Å². The maximum Gasteiger partial charge on any atom is 0.128 e. The molecule has 5 rings (SSSR count). The molecule has 3 aliphatic rings. The van der Waals surface area contributed by atoms with E-state index in [0.717, 1.165) is 18.5 Å². The highest BCUT2D eigenvalue weighted by atomic mass is 35.5. The van der Waals surface area contributed by atoms with Gasteiger partial charge in [-0.2, -0.15) is 0 Å². The van der Waals surface area contributed by atoms with Crippen molar-refractivity contribution in [3.63, 3.8) is 0 Å². The van der Waals surface area contributed by atoms with Gasteiger partial charge in [-0.25, -0.2) is 4.39 Å². The quantitative estimate of drug-likeness (QED) is 0.502. The van der Waals surface area contributed by atoms with Crippen molar-refractivity contribution in [1.82, 2.24) is 0 Å². The lowest BCUT2D eigenvalue weighted by Crippen LogP contribution is -2.34. The van der Waals surface area contributed by atoms with E-state index in [1.165, 1.54) is 67.9 Å². The molecule has 2 saturated carbocycles. The second kappa shape index (κ2) is 8.00. The summed E-state index contributed by atoms with van der Waals surface area (Å²) in [6.07, 6.45) is 10.5. The maximum absolute atomic E-state index is 14.7. The Morgan fingerprint density at radius 3 is 2.63 bits per heavy atom. The first-order valence-corrected chi connectivity index (χ1v) is 11.9. The molecule has 1 unspecified atom stereocenters. The smallest absolute Gasteiger partial charge is 0.128 e. The van der Waals surface area contributed by atoms with E-state index in [1.807, 2.05) is 0 Å². The highest BCUT2D eigenvalue weighted by Gasteiger charge is 2.43. The number of aliphatic imine (C=N–C) groups is 1. The van der Waals surface area contributed by atoms with Gasteiger partial charge in [-0.15, -0.1) is 0 Å². The van der Waals surface area contributed by atoms with Crippen molar-refractivity contribution < 1.29 is 4.39 Å². The van der Waals surface area contributed by atoms with Gasteiger partial charge in [0.15, 0.2) is 0 Å². The molecule has 4 heteroatoms. The van der Waals surface area contributed by atoms with Crippen LogP contribution in [0.4, 0.5) is 10.1 Å². The van der Waals surface area contributed by atoms with Gasteiger partial charge >= 0.3 is 0 Å². The summed E-state index contributed by atoms with van der Waals surface area (Å²) < 4.78 is 14.7. The van der Waals surface area contributed by atoms with E-state index >= 15 is 0 Å². The molecule has 2 fully saturated rings. The maximum atomic E-state index is 14.7. The molecule has 1 aliphatic heterocycles. The van der Waals surface area contributed by atoms with Crippen LogP contribution in [0.2, 0.25) is 5.02 Å². The summed E-state index contributed by atoms with van der Waals surface area (Å²) in [7, 11) is 0. The van der Waals surface area contributed by atoms with E-state index in [2.05, 4.69) is 30.4 Å². The van der Waals surface area contributed by atoms with Crippen LogP contribution >= 0.6 is 11.6 Å². The number of rotatable bonds is 4. The molecule has 0 radical (unpaired) electrons. The topological polar surface area (TPSA) is 24.4 Å². The monoisotopic (exact) mass is 424 g/mol. The summed E-state index contributed by atoms with van der Waals surface area (Å²) in [5.74, 6) is -0.175. The van der Waals surface area contributed by atoms with Crippen LogP contribution in [0.15, 0.2) is 41.4 Å². The van der Waals surface area contributed by atoms with Crippen LogP contribution in [0.3, 0.4) is 0 Å². The summed E-state index contributed by atoms with van der Waals surface area (Å²) >= 11 is 6.21. The summed E-state index contributed by atoms with van der Waals surface area (Å²) in [5, 5.41) is 4.23. The number of benzene rings is 2. The normalized spacial score (nSPS) is 23.2. The highest BCUT2D eigenvalue weighted by molar-refractivity contribution is 6.30. The molecule has 1 heterocycles. The standard InChI is InChI=1S/C26H30ClFN2/c1-2-23(29-19-6-5-7-19)17-8-11-24-21(14-17)26(12-3-4-13-26)16-25(30-24)20-15-18(27)9-10-22(20)28/h8-11,14-15,19,25,30H,2-7,12-13,16H2,1H3. The fourth-order valence-corrected chi connectivity index (χ4v) is 5.81. The molecule has 2 aromatic carbocycles. The fourth-order valence-electron chi connectivity index (χ4n) is 5.63. The van der Waals surface area contributed by atoms with Gasteiger partial charge < -0.3 is 5.32 Å². The second-order valence-electron chi connectivity index (χ2n) is 9.33. The van der Waals surface area contributed by atoms with Gasteiger partial charge in [0, 0.05) is 22.0 Å². The predicted molar refractivity (Wildman–Crippen MR) is 123 cm³/mol. The second-order valence-corrected chi connectivity index (χ2v) is 9.77. The molecule has 0 bridgehead atoms. The lowest BCUT2D eigenvalue weighted by atomic mass is 9.69. The van der Waals surface area contributed by atoms with Gasteiger partial charge in [-0.05, 0) is 91.8 Å². The molecule has 2 nitrogen and oxygen atoms in total. The van der Waals surface area contributed by atoms with E-state index in [1.54, 1.807) is 12.1 Å². The van der Waals surface area contributed by atoms with Crippen LogP contribution in [0.5, 0.6) is 0 Å². The minimum Gasteiger partial charge on any atom is -0.378 e. The zero-order chi connectivity index (χ0) is 20.7. The minimum absolute atomic E-state index is 0.0468. The Morgan fingerprint density at radius 1 is 1.13 bits per heavy atom. The molecule has 0 aromatic heterocycles. The molecule has 1 N–H and O–H groups in total. The van der Waals surface area contributed by atoms with Crippen molar-refractivity contribution in [3.05, 3.63) is 63.9 Å². The first-order valence-electron chi connectivity index (χ1n) is 11.5. The number of fused-ring (bicyclic) bond motifs is 2. The number of hydrogen-bond donors (Lipinski definition) is 1. The third kappa shape index (κ3) is 3.56. The number of halogens is 2. The number of nitrogens with zero attached hydrogens (tertiary/aromatic N) is 1. The van der Waals surface area contributed by atoms with E-state index in [0.29, 0.717) is 16.6 Å². The predicted octanol–water partition coefficient (Wildman–Crippen LogP) is 7.60. The number of anilines is 1. The van der Waals surface area contributed by atoms with Crippen molar-refractivity contribution in [3.8, 4) is 0 Å². The average molecular weight is 425 g/mol. The Kier molecular flexibility index (Phi) is 5.35. The molecule has 2 aliphatic carbocycles. The molecule has 1 spiro atoms. The molecule has 1 atom stereocenters. The largest absolute Gasteiger partial charge is 0.378 e. The third-order valence-electron chi connectivity index (χ3n) is 7.49. The van der Waals surface area contributed by atoms with E-state index in [9.17, 15) is 4.39 Å². The lowest BCUT2D eigenvalue weighted by Gasteiger charge is -2.42. The summed E-state index contributed by atoms with van der Waals surface area (Å²) in [6.45, 7) is 2.21. The zero-order valence-corrected chi connectivity index (χ0v) is 18.4. The molecule has 2 aromatic rings. The van der Waals surface area contributed by atoms with Crippen LogP contribution in [0.25, 0.3) is 0 Å². The average Bonchev–Trinajstić information content (AvgIpc) is 3.18. The molecule has 0 saturated heterocycles. The zero-order valence-electron chi connectivity index (χ0n) is 17.7. The molecule has 30 heavy (non-hydrogen) atoms. The van der Waals surface area contributed by atoms with E-state index in [-0.39, 0.29) is 17.3 Å². The molecule has 0 amide bonds. The Morgan fingerprint density at radius 2 is 1.93 bits per heavy atom. The molecular weight excluding hydrogens is 395 g/mol. The Balaban J connectivity index is 1.54. The van der Waals surface area contributed by atoms with Gasteiger partial charge in [-0.1, -0.05) is 37.4 Å². The lowest BCUT2D eigenvalue weighted by molar-refractivity contribution is 0.362. The number of hydrogen-bond acceptors (Lipinski definition) is 2. The Labute approximate surface area is 183 Å². The SMILES string of the molecule is CCC(=NC1CCC1)c1ccc2c(c1)C1(CCCC1)CC(c1cc(Cl)ccc1F)N2. The van der Waals surface area contributed by atoms with Crippen molar-refractivity contribution in [2.45, 2.75) is 82.2 Å². The van der Waals surface area contributed by atoms with E-state index < -0.39 is 0 Å². The minimum atomic E-state index is -0.175. The molecular formula is C26H30ClFN2. The van der Waals surface area contributed by atoms with Crippen LogP contribution < -0.4 is 5.32 Å². The van der Waals surface area contributed by atoms with Gasteiger partial charge in [0.05, 0.1) is 12.1 Å². The van der Waals surface area contributed by atoms with Crippen molar-refractivity contribution in [2.75, 3.05) is 5.32 Å². The van der Waals surface area contributed by atoms with Crippen LogP contribution in [0, 0.1) is 5.82 Å². The van der Waals surface area contributed by atoms with Gasteiger partial charge in [0.2, 0.25) is 0 Å². The van der Waals surface area contributed by atoms with Gasteiger partial charge in [-0.3, -0.25) is 4.99 Å². The summed E-state index contributed by atoms with van der Waals surface area (Å²) in [5.41, 5.74) is 5.86. The molecule has 158 valence electrons. The Hall–Kier alpha value is -1.87. The number of nitrogens with one attached hydrogen (secondary N) is 1. The third-order valence-corrected chi connectivity index (χ3v) is 7.73. The van der Waals surface area contributed by atoms with Crippen molar-refractivity contribution >= 4 is 23.0 Å². The highest BCUT2D eigenvalue weighted by Crippen LogP contribution is 2.53. The van der Waals surface area contributed by atoms with Crippen LogP contribution in [0.1, 0.15) is 87.4 Å². The summed E-state index contributed by atoms with van der Waals surface area (Å²) in [4.78, 5) is 5.05.